The fraction of sp³-hybridized carbons (Fsp3) is 1.00. The van der Waals surface area contributed by atoms with Crippen molar-refractivity contribution in [3.8, 4) is 0 Å². The van der Waals surface area contributed by atoms with Crippen LogP contribution in [-0.2, 0) is 18.2 Å². The molecule has 0 aliphatic carbocycles. The lowest BCUT2D eigenvalue weighted by Crippen LogP contribution is -2.51. The Bertz CT molecular complexity index is 440. The third kappa shape index (κ3) is 7.47. The second-order valence-corrected chi connectivity index (χ2v) is 11.9. The molecule has 0 radical (unpaired) electrons. The molecule has 0 aromatic rings. The molecular weight excluding hydrogens is 408 g/mol. The van der Waals surface area contributed by atoms with Gasteiger partial charge in [0.15, 0.2) is 0 Å². The molecule has 0 aromatic heterocycles. The molecule has 0 spiro atoms. The minimum absolute atomic E-state index is 0.121. The predicted octanol–water partition coefficient (Wildman–Crippen LogP) is 3.27. The second kappa shape index (κ2) is 9.70. The van der Waals surface area contributed by atoms with Crippen molar-refractivity contribution in [3.63, 3.8) is 0 Å². The van der Waals surface area contributed by atoms with Crippen molar-refractivity contribution in [3.05, 3.63) is 0 Å². The summed E-state index contributed by atoms with van der Waals surface area (Å²) >= 11 is 17.8. The highest BCUT2D eigenvalue weighted by Gasteiger charge is 2.44. The van der Waals surface area contributed by atoms with Crippen LogP contribution in [0.15, 0.2) is 0 Å². The Morgan fingerprint density at radius 3 is 1.61 bits per heavy atom. The van der Waals surface area contributed by atoms with Gasteiger partial charge in [-0.2, -0.15) is 0 Å². The summed E-state index contributed by atoms with van der Waals surface area (Å²) in [5.74, 6) is 0. The highest BCUT2D eigenvalue weighted by atomic mass is 35.6. The smallest absolute Gasteiger partial charge is 0.297 e. The average molecular weight is 434 g/mol. The molecule has 23 heavy (non-hydrogen) atoms. The van der Waals surface area contributed by atoms with Gasteiger partial charge in [0.25, 0.3) is 7.59 Å². The predicted molar refractivity (Wildman–Crippen MR) is 96.2 cm³/mol. The lowest BCUT2D eigenvalue weighted by molar-refractivity contribution is 0.205. The summed E-state index contributed by atoms with van der Waals surface area (Å²) < 4.78 is 36.8. The zero-order chi connectivity index (χ0) is 18.5. The number of hydrogen-bond acceptors (Lipinski definition) is 4. The van der Waals surface area contributed by atoms with E-state index in [0.29, 0.717) is 0 Å². The standard InChI is InChI=1S/C10H25Cl3N4O4P2/c1-7-20-23(19,21-8-2)15-9(10(11,12)13)14-22(18,16(3)4)17(5)6/h9H,7-8H2,1-6H3,(H,14,18)(H,15,19). The molecule has 0 amide bonds. The van der Waals surface area contributed by atoms with Gasteiger partial charge in [0.1, 0.15) is 6.17 Å². The van der Waals surface area contributed by atoms with Crippen LogP contribution in [0.25, 0.3) is 0 Å². The van der Waals surface area contributed by atoms with Crippen molar-refractivity contribution in [2.45, 2.75) is 23.8 Å². The maximum atomic E-state index is 13.0. The van der Waals surface area contributed by atoms with E-state index in [1.807, 2.05) is 0 Å². The molecule has 8 nitrogen and oxygen atoms in total. The minimum atomic E-state index is -3.74. The van der Waals surface area contributed by atoms with E-state index in [9.17, 15) is 9.13 Å². The Hall–Kier alpha value is 1.09. The number of rotatable bonds is 10. The number of halogens is 3. The zero-order valence-electron chi connectivity index (χ0n) is 14.0. The molecule has 0 fully saturated rings. The van der Waals surface area contributed by atoms with Gasteiger partial charge in [-0.15, -0.1) is 0 Å². The van der Waals surface area contributed by atoms with Gasteiger partial charge in [-0.05, 0) is 42.0 Å². The van der Waals surface area contributed by atoms with Crippen LogP contribution in [0, 0.1) is 0 Å². The first-order valence-corrected chi connectivity index (χ1v) is 11.1. The van der Waals surface area contributed by atoms with Crippen molar-refractivity contribution < 1.29 is 18.2 Å². The topological polar surface area (TPSA) is 83.1 Å². The summed E-state index contributed by atoms with van der Waals surface area (Å²) in [5, 5.41) is 5.23. The van der Waals surface area contributed by atoms with Gasteiger partial charge in [-0.3, -0.25) is 13.6 Å². The average Bonchev–Trinajstić information content (AvgIpc) is 2.36. The SMILES string of the molecule is CCOP(=O)(NC(NP(=O)(N(C)C)N(C)C)C(Cl)(Cl)Cl)OCC. The lowest BCUT2D eigenvalue weighted by Gasteiger charge is -2.37. The molecule has 0 saturated carbocycles. The van der Waals surface area contributed by atoms with Gasteiger partial charge in [0, 0.05) is 0 Å². The molecular formula is C10H25Cl3N4O4P2. The summed E-state index contributed by atoms with van der Waals surface area (Å²) in [6, 6.07) is 0. The van der Waals surface area contributed by atoms with Crippen LogP contribution in [0.3, 0.4) is 0 Å². The van der Waals surface area contributed by atoms with Gasteiger partial charge in [0.05, 0.1) is 13.2 Å². The molecule has 0 bridgehead atoms. The van der Waals surface area contributed by atoms with Crippen molar-refractivity contribution in [2.24, 2.45) is 0 Å². The summed E-state index contributed by atoms with van der Waals surface area (Å²) in [4.78, 5) is 0. The highest BCUT2D eigenvalue weighted by molar-refractivity contribution is 7.57. The van der Waals surface area contributed by atoms with E-state index in [1.54, 1.807) is 42.0 Å². The Morgan fingerprint density at radius 2 is 1.35 bits per heavy atom. The highest BCUT2D eigenvalue weighted by Crippen LogP contribution is 2.51. The van der Waals surface area contributed by atoms with E-state index >= 15 is 0 Å². The van der Waals surface area contributed by atoms with Crippen LogP contribution in [0.1, 0.15) is 13.8 Å². The van der Waals surface area contributed by atoms with Crippen molar-refractivity contribution >= 4 is 50.1 Å². The van der Waals surface area contributed by atoms with Crippen molar-refractivity contribution in [2.75, 3.05) is 41.4 Å². The van der Waals surface area contributed by atoms with Crippen LogP contribution in [0.5, 0.6) is 0 Å². The van der Waals surface area contributed by atoms with Crippen LogP contribution in [-0.4, -0.2) is 60.7 Å². The first-order chi connectivity index (χ1) is 10.3. The van der Waals surface area contributed by atoms with Crippen LogP contribution < -0.4 is 10.2 Å². The van der Waals surface area contributed by atoms with Crippen LogP contribution >= 0.6 is 50.1 Å². The first kappa shape index (κ1) is 24.1. The molecule has 0 rings (SSSR count). The molecule has 140 valence electrons. The Labute approximate surface area is 153 Å². The molecule has 2 N–H and O–H groups in total. The molecule has 1 atom stereocenters. The number of nitrogens with one attached hydrogen (secondary N) is 2. The molecule has 0 heterocycles. The van der Waals surface area contributed by atoms with Crippen molar-refractivity contribution in [1.29, 1.82) is 0 Å². The first-order valence-electron chi connectivity index (χ1n) is 6.79. The molecule has 1 unspecified atom stereocenters. The van der Waals surface area contributed by atoms with E-state index in [1.165, 1.54) is 9.34 Å². The lowest BCUT2D eigenvalue weighted by atomic mass is 10.6. The number of nitrogens with zero attached hydrogens (tertiary/aromatic N) is 2. The molecule has 0 aromatic carbocycles. The third-order valence-corrected chi connectivity index (χ3v) is 7.78. The molecule has 0 saturated heterocycles. The van der Waals surface area contributed by atoms with Gasteiger partial charge < -0.3 is 0 Å². The van der Waals surface area contributed by atoms with Gasteiger partial charge in [-0.25, -0.2) is 24.1 Å². The summed E-state index contributed by atoms with van der Waals surface area (Å²) in [6.07, 6.45) is -1.26. The second-order valence-electron chi connectivity index (χ2n) is 4.80. The molecule has 0 aliphatic heterocycles. The Morgan fingerprint density at radius 1 is 0.957 bits per heavy atom. The largest absolute Gasteiger partial charge is 0.406 e. The summed E-state index contributed by atoms with van der Waals surface area (Å²) in [6.45, 7) is 3.54. The fourth-order valence-corrected chi connectivity index (χ4v) is 5.68. The number of alkyl halides is 3. The van der Waals surface area contributed by atoms with E-state index < -0.39 is 25.3 Å². The normalized spacial score (nSPS) is 15.4. The van der Waals surface area contributed by atoms with Gasteiger partial charge in [0.2, 0.25) is 3.79 Å². The van der Waals surface area contributed by atoms with E-state index in [2.05, 4.69) is 10.2 Å². The van der Waals surface area contributed by atoms with Crippen molar-refractivity contribution in [1.82, 2.24) is 19.5 Å². The minimum Gasteiger partial charge on any atom is -0.297 e. The third-order valence-electron chi connectivity index (χ3n) is 2.59. The Balaban J connectivity index is 5.56. The van der Waals surface area contributed by atoms with Crippen LogP contribution in [0.4, 0.5) is 0 Å². The summed E-state index contributed by atoms with van der Waals surface area (Å²) in [5.41, 5.74) is 0. The van der Waals surface area contributed by atoms with Gasteiger partial charge >= 0.3 is 7.75 Å². The quantitative estimate of drug-likeness (QED) is 0.309. The van der Waals surface area contributed by atoms with E-state index in [4.69, 9.17) is 43.9 Å². The zero-order valence-corrected chi connectivity index (χ0v) is 18.1. The monoisotopic (exact) mass is 432 g/mol. The summed E-state index contributed by atoms with van der Waals surface area (Å²) in [7, 11) is -0.593. The van der Waals surface area contributed by atoms with Gasteiger partial charge in [-0.1, -0.05) is 34.8 Å². The molecule has 0 aliphatic rings. The Kier molecular flexibility index (Phi) is 10.2. The van der Waals surface area contributed by atoms with Crippen LogP contribution in [0.2, 0.25) is 0 Å². The van der Waals surface area contributed by atoms with E-state index in [0.717, 1.165) is 0 Å². The number of hydrogen-bond donors (Lipinski definition) is 2. The fourth-order valence-electron chi connectivity index (χ4n) is 1.54. The maximum absolute atomic E-state index is 13.0. The van der Waals surface area contributed by atoms with E-state index in [-0.39, 0.29) is 13.2 Å². The molecule has 13 heteroatoms. The maximum Gasteiger partial charge on any atom is 0.406 e.